The average Bonchev–Trinajstić information content (AvgIpc) is 2.72. The van der Waals surface area contributed by atoms with Crippen LogP contribution in [0.2, 0.25) is 5.02 Å². The van der Waals surface area contributed by atoms with E-state index in [9.17, 15) is 14.0 Å². The average molecular weight is 415 g/mol. The highest BCUT2D eigenvalue weighted by Gasteiger charge is 2.25. The van der Waals surface area contributed by atoms with Crippen LogP contribution in [-0.4, -0.2) is 33.6 Å². The van der Waals surface area contributed by atoms with Gasteiger partial charge in [-0.3, -0.25) is 9.36 Å². The molecule has 6 nitrogen and oxygen atoms in total. The molecule has 2 heterocycles. The number of rotatable bonds is 2. The summed E-state index contributed by atoms with van der Waals surface area (Å²) >= 11 is 6.11. The maximum atomic E-state index is 13.5. The van der Waals surface area contributed by atoms with Crippen LogP contribution < -0.4 is 10.9 Å². The molecular formula is C21H20ClFN4O2. The molecule has 2 aromatic carbocycles. The molecule has 0 spiro atoms. The van der Waals surface area contributed by atoms with Gasteiger partial charge in [-0.15, -0.1) is 0 Å². The van der Waals surface area contributed by atoms with Crippen molar-refractivity contribution in [1.82, 2.24) is 14.5 Å². The molecule has 0 unspecified atom stereocenters. The molecule has 29 heavy (non-hydrogen) atoms. The minimum atomic E-state index is -0.461. The standard InChI is InChI=1S/C21H20ClFN4O2/c1-13-17(22)3-2-4-18(13)25-21(29)26-9-7-15(8-10-26)27-12-24-19-6-5-14(23)11-16(19)20(27)28/h2-6,11-12,15H,7-10H2,1H3,(H,25,29). The number of amides is 2. The number of hydrogen-bond donors (Lipinski definition) is 1. The Kier molecular flexibility index (Phi) is 5.24. The van der Waals surface area contributed by atoms with Crippen LogP contribution in [0.3, 0.4) is 0 Å². The molecule has 1 aromatic heterocycles. The number of carbonyl (C=O) groups is 1. The minimum Gasteiger partial charge on any atom is -0.324 e. The van der Waals surface area contributed by atoms with Crippen molar-refractivity contribution in [1.29, 1.82) is 0 Å². The van der Waals surface area contributed by atoms with Crippen molar-refractivity contribution in [3.05, 3.63) is 69.5 Å². The lowest BCUT2D eigenvalue weighted by Crippen LogP contribution is -2.42. The van der Waals surface area contributed by atoms with Crippen LogP contribution in [0.4, 0.5) is 14.9 Å². The summed E-state index contributed by atoms with van der Waals surface area (Å²) in [6, 6.07) is 9.11. The van der Waals surface area contributed by atoms with Crippen molar-refractivity contribution in [2.75, 3.05) is 18.4 Å². The van der Waals surface area contributed by atoms with E-state index in [1.807, 2.05) is 13.0 Å². The van der Waals surface area contributed by atoms with E-state index in [2.05, 4.69) is 10.3 Å². The molecule has 0 saturated carbocycles. The smallest absolute Gasteiger partial charge is 0.321 e. The summed E-state index contributed by atoms with van der Waals surface area (Å²) in [6.45, 7) is 2.86. The lowest BCUT2D eigenvalue weighted by Gasteiger charge is -2.33. The van der Waals surface area contributed by atoms with Crippen molar-refractivity contribution in [2.24, 2.45) is 0 Å². The van der Waals surface area contributed by atoms with Gasteiger partial charge < -0.3 is 10.2 Å². The molecule has 3 aromatic rings. The lowest BCUT2D eigenvalue weighted by atomic mass is 10.0. The molecule has 0 atom stereocenters. The summed E-state index contributed by atoms with van der Waals surface area (Å²) in [5.74, 6) is -0.461. The summed E-state index contributed by atoms with van der Waals surface area (Å²) in [7, 11) is 0. The van der Waals surface area contributed by atoms with Crippen molar-refractivity contribution in [3.63, 3.8) is 0 Å². The van der Waals surface area contributed by atoms with Gasteiger partial charge in [-0.25, -0.2) is 14.2 Å². The highest BCUT2D eigenvalue weighted by Crippen LogP contribution is 2.25. The van der Waals surface area contributed by atoms with Crippen molar-refractivity contribution in [2.45, 2.75) is 25.8 Å². The number of nitrogens with one attached hydrogen (secondary N) is 1. The number of fused-ring (bicyclic) bond motifs is 1. The predicted octanol–water partition coefficient (Wildman–Crippen LogP) is 4.37. The Morgan fingerprint density at radius 3 is 2.76 bits per heavy atom. The quantitative estimate of drug-likeness (QED) is 0.677. The third-order valence-corrected chi connectivity index (χ3v) is 5.81. The van der Waals surface area contributed by atoms with Gasteiger partial charge in [-0.05, 0) is 55.7 Å². The van der Waals surface area contributed by atoms with Gasteiger partial charge in [0.2, 0.25) is 0 Å². The molecule has 1 N–H and O–H groups in total. The Morgan fingerprint density at radius 1 is 1.24 bits per heavy atom. The van der Waals surface area contributed by atoms with Gasteiger partial charge >= 0.3 is 6.03 Å². The van der Waals surface area contributed by atoms with E-state index in [1.54, 1.807) is 21.6 Å². The first-order valence-corrected chi connectivity index (χ1v) is 9.79. The van der Waals surface area contributed by atoms with Gasteiger partial charge in [-0.2, -0.15) is 0 Å². The van der Waals surface area contributed by atoms with Gasteiger partial charge in [0, 0.05) is 29.8 Å². The Bertz CT molecular complexity index is 1140. The van der Waals surface area contributed by atoms with Crippen molar-refractivity contribution in [3.8, 4) is 0 Å². The van der Waals surface area contributed by atoms with Crippen LogP contribution >= 0.6 is 11.6 Å². The molecule has 1 saturated heterocycles. The number of anilines is 1. The van der Waals surface area contributed by atoms with E-state index in [0.29, 0.717) is 42.2 Å². The Balaban J connectivity index is 1.46. The van der Waals surface area contributed by atoms with Crippen LogP contribution in [0.5, 0.6) is 0 Å². The molecule has 8 heteroatoms. The number of benzene rings is 2. The van der Waals surface area contributed by atoms with E-state index in [-0.39, 0.29) is 23.0 Å². The summed E-state index contributed by atoms with van der Waals surface area (Å²) < 4.78 is 15.1. The molecule has 0 radical (unpaired) electrons. The second kappa shape index (κ2) is 7.83. The fourth-order valence-electron chi connectivity index (χ4n) is 3.65. The second-order valence-electron chi connectivity index (χ2n) is 7.18. The first-order valence-electron chi connectivity index (χ1n) is 9.41. The monoisotopic (exact) mass is 414 g/mol. The fraction of sp³-hybridized carbons (Fsp3) is 0.286. The van der Waals surface area contributed by atoms with E-state index in [0.717, 1.165) is 5.56 Å². The Hall–Kier alpha value is -2.93. The number of carbonyl (C=O) groups excluding carboxylic acids is 1. The number of halogens is 2. The molecule has 1 aliphatic rings. The third-order valence-electron chi connectivity index (χ3n) is 5.40. The first kappa shape index (κ1) is 19.4. The zero-order chi connectivity index (χ0) is 20.5. The predicted molar refractivity (Wildman–Crippen MR) is 111 cm³/mol. The minimum absolute atomic E-state index is 0.0837. The molecule has 4 rings (SSSR count). The maximum Gasteiger partial charge on any atom is 0.321 e. The Morgan fingerprint density at radius 2 is 2.00 bits per heavy atom. The van der Waals surface area contributed by atoms with Gasteiger partial charge in [-0.1, -0.05) is 17.7 Å². The maximum absolute atomic E-state index is 13.5. The van der Waals surface area contributed by atoms with E-state index < -0.39 is 5.82 Å². The highest BCUT2D eigenvalue weighted by atomic mass is 35.5. The zero-order valence-electron chi connectivity index (χ0n) is 15.9. The molecule has 0 bridgehead atoms. The molecular weight excluding hydrogens is 395 g/mol. The highest BCUT2D eigenvalue weighted by molar-refractivity contribution is 6.31. The normalized spacial score (nSPS) is 14.9. The van der Waals surface area contributed by atoms with Crippen LogP contribution in [0.15, 0.2) is 47.5 Å². The largest absolute Gasteiger partial charge is 0.324 e. The number of likely N-dealkylation sites (tertiary alicyclic amines) is 1. The van der Waals surface area contributed by atoms with Gasteiger partial charge in [0.1, 0.15) is 5.82 Å². The topological polar surface area (TPSA) is 67.2 Å². The van der Waals surface area contributed by atoms with Crippen LogP contribution in [0.1, 0.15) is 24.4 Å². The SMILES string of the molecule is Cc1c(Cl)cccc1NC(=O)N1CCC(n2cnc3ccc(F)cc3c2=O)CC1. The number of hydrogen-bond acceptors (Lipinski definition) is 3. The molecule has 1 aliphatic heterocycles. The summed E-state index contributed by atoms with van der Waals surface area (Å²) in [4.78, 5) is 31.4. The van der Waals surface area contributed by atoms with Crippen LogP contribution in [0.25, 0.3) is 10.9 Å². The van der Waals surface area contributed by atoms with Crippen LogP contribution in [-0.2, 0) is 0 Å². The molecule has 1 fully saturated rings. The summed E-state index contributed by atoms with van der Waals surface area (Å²) in [5, 5.41) is 3.76. The third kappa shape index (κ3) is 3.82. The van der Waals surface area contributed by atoms with Gasteiger partial charge in [0.25, 0.3) is 5.56 Å². The van der Waals surface area contributed by atoms with Gasteiger partial charge in [0.15, 0.2) is 0 Å². The van der Waals surface area contributed by atoms with E-state index >= 15 is 0 Å². The number of piperidine rings is 1. The fourth-order valence-corrected chi connectivity index (χ4v) is 3.83. The summed E-state index contributed by atoms with van der Waals surface area (Å²) in [5.41, 5.74) is 1.72. The van der Waals surface area contributed by atoms with Crippen molar-refractivity contribution >= 4 is 34.2 Å². The lowest BCUT2D eigenvalue weighted by molar-refractivity contribution is 0.182. The number of aromatic nitrogens is 2. The van der Waals surface area contributed by atoms with Crippen LogP contribution in [0, 0.1) is 12.7 Å². The number of urea groups is 1. The number of nitrogens with zero attached hydrogens (tertiary/aromatic N) is 3. The second-order valence-corrected chi connectivity index (χ2v) is 7.59. The van der Waals surface area contributed by atoms with Gasteiger partial charge in [0.05, 0.1) is 17.2 Å². The molecule has 0 aliphatic carbocycles. The van der Waals surface area contributed by atoms with E-state index in [4.69, 9.17) is 11.6 Å². The molecule has 2 amide bonds. The summed E-state index contributed by atoms with van der Waals surface area (Å²) in [6.07, 6.45) is 2.74. The zero-order valence-corrected chi connectivity index (χ0v) is 16.6. The first-order chi connectivity index (χ1) is 13.9. The molecule has 150 valence electrons. The Labute approximate surface area is 171 Å². The van der Waals surface area contributed by atoms with Crippen molar-refractivity contribution < 1.29 is 9.18 Å². The van der Waals surface area contributed by atoms with E-state index in [1.165, 1.54) is 24.5 Å².